The van der Waals surface area contributed by atoms with E-state index in [9.17, 15) is 4.79 Å². The number of nitrogens with zero attached hydrogens (tertiary/aromatic N) is 1. The molecule has 2 aromatic rings. The summed E-state index contributed by atoms with van der Waals surface area (Å²) in [5, 5.41) is 11.1. The Hall–Kier alpha value is -1.85. The fourth-order valence-electron chi connectivity index (χ4n) is 1.87. The molecule has 3 N–H and O–H groups in total. The second-order valence-electron chi connectivity index (χ2n) is 4.08. The SMILES string of the molecule is Nc1ccccc1N(CCO)C(=O)Cc1cccs1. The second kappa shape index (κ2) is 6.36. The molecule has 0 fully saturated rings. The highest BCUT2D eigenvalue weighted by Crippen LogP contribution is 2.23. The smallest absolute Gasteiger partial charge is 0.232 e. The third-order valence-corrected chi connectivity index (χ3v) is 3.63. The van der Waals surface area contributed by atoms with Gasteiger partial charge in [0, 0.05) is 11.4 Å². The van der Waals surface area contributed by atoms with Crippen LogP contribution in [0.25, 0.3) is 0 Å². The van der Waals surface area contributed by atoms with Crippen molar-refractivity contribution in [2.45, 2.75) is 6.42 Å². The molecular formula is C14H16N2O2S. The third-order valence-electron chi connectivity index (χ3n) is 2.76. The standard InChI is InChI=1S/C14H16N2O2S/c15-12-5-1-2-6-13(12)16(7-8-17)14(18)10-11-4-3-9-19-11/h1-6,9,17H,7-8,10,15H2. The predicted octanol–water partition coefficient (Wildman–Crippen LogP) is 1.90. The molecule has 2 rings (SSSR count). The summed E-state index contributed by atoms with van der Waals surface area (Å²) in [5.41, 5.74) is 7.08. The van der Waals surface area contributed by atoms with E-state index in [1.54, 1.807) is 23.5 Å². The van der Waals surface area contributed by atoms with E-state index in [-0.39, 0.29) is 19.1 Å². The number of anilines is 2. The maximum Gasteiger partial charge on any atom is 0.232 e. The molecule has 4 nitrogen and oxygen atoms in total. The Balaban J connectivity index is 2.20. The maximum atomic E-state index is 12.3. The molecular weight excluding hydrogens is 260 g/mol. The molecule has 0 aliphatic heterocycles. The van der Waals surface area contributed by atoms with Crippen LogP contribution in [0.15, 0.2) is 41.8 Å². The number of amides is 1. The Morgan fingerprint density at radius 1 is 1.26 bits per heavy atom. The average molecular weight is 276 g/mol. The number of thiophene rings is 1. The Morgan fingerprint density at radius 3 is 2.68 bits per heavy atom. The lowest BCUT2D eigenvalue weighted by Crippen LogP contribution is -2.35. The van der Waals surface area contributed by atoms with Gasteiger partial charge in [0.25, 0.3) is 0 Å². The van der Waals surface area contributed by atoms with Crippen LogP contribution < -0.4 is 10.6 Å². The molecule has 0 unspecified atom stereocenters. The van der Waals surface area contributed by atoms with Gasteiger partial charge in [-0.25, -0.2) is 0 Å². The lowest BCUT2D eigenvalue weighted by Gasteiger charge is -2.23. The summed E-state index contributed by atoms with van der Waals surface area (Å²) >= 11 is 1.54. The number of carbonyl (C=O) groups is 1. The Kier molecular flexibility index (Phi) is 4.54. The first-order valence-corrected chi connectivity index (χ1v) is 6.88. The van der Waals surface area contributed by atoms with E-state index in [1.165, 1.54) is 4.90 Å². The summed E-state index contributed by atoms with van der Waals surface area (Å²) in [6.45, 7) is 0.156. The van der Waals surface area contributed by atoms with Gasteiger partial charge in [-0.15, -0.1) is 11.3 Å². The fourth-order valence-corrected chi connectivity index (χ4v) is 2.57. The van der Waals surface area contributed by atoms with Gasteiger partial charge in [-0.2, -0.15) is 0 Å². The summed E-state index contributed by atoms with van der Waals surface area (Å²) in [5.74, 6) is -0.0607. The highest BCUT2D eigenvalue weighted by molar-refractivity contribution is 7.10. The molecule has 0 radical (unpaired) electrons. The number of nitrogen functional groups attached to an aromatic ring is 1. The van der Waals surface area contributed by atoms with Crippen LogP contribution in [0, 0.1) is 0 Å². The number of benzene rings is 1. The van der Waals surface area contributed by atoms with Crippen molar-refractivity contribution in [3.63, 3.8) is 0 Å². The first-order valence-electron chi connectivity index (χ1n) is 6.00. The van der Waals surface area contributed by atoms with Gasteiger partial charge in [-0.3, -0.25) is 4.79 Å². The van der Waals surface area contributed by atoms with Crippen molar-refractivity contribution in [2.75, 3.05) is 23.8 Å². The number of para-hydroxylation sites is 2. The van der Waals surface area contributed by atoms with Gasteiger partial charge >= 0.3 is 0 Å². The van der Waals surface area contributed by atoms with Crippen molar-refractivity contribution in [2.24, 2.45) is 0 Å². The minimum atomic E-state index is -0.0927. The van der Waals surface area contributed by atoms with Gasteiger partial charge in [0.05, 0.1) is 24.4 Å². The summed E-state index contributed by atoms with van der Waals surface area (Å²) in [7, 11) is 0. The van der Waals surface area contributed by atoms with Gasteiger partial charge in [0.1, 0.15) is 0 Å². The van der Waals surface area contributed by atoms with Crippen LogP contribution in [0.3, 0.4) is 0 Å². The molecule has 19 heavy (non-hydrogen) atoms. The number of nitrogens with two attached hydrogens (primary N) is 1. The van der Waals surface area contributed by atoms with Gasteiger partial charge in [0.2, 0.25) is 5.91 Å². The first-order chi connectivity index (χ1) is 9.22. The van der Waals surface area contributed by atoms with Gasteiger partial charge in [-0.05, 0) is 23.6 Å². The van der Waals surface area contributed by atoms with Crippen LogP contribution in [0.1, 0.15) is 4.88 Å². The molecule has 1 aromatic heterocycles. The molecule has 0 spiro atoms. The monoisotopic (exact) mass is 276 g/mol. The zero-order valence-corrected chi connectivity index (χ0v) is 11.3. The van der Waals surface area contributed by atoms with Crippen molar-refractivity contribution in [1.82, 2.24) is 0 Å². The average Bonchev–Trinajstić information content (AvgIpc) is 2.90. The quantitative estimate of drug-likeness (QED) is 0.820. The third kappa shape index (κ3) is 3.33. The van der Waals surface area contributed by atoms with Crippen LogP contribution in [0.4, 0.5) is 11.4 Å². The summed E-state index contributed by atoms with van der Waals surface area (Å²) in [6.07, 6.45) is 0.325. The van der Waals surface area contributed by atoms with E-state index < -0.39 is 0 Å². The van der Waals surface area contributed by atoms with Crippen LogP contribution in [0.5, 0.6) is 0 Å². The molecule has 1 amide bonds. The molecule has 0 bridgehead atoms. The summed E-state index contributed by atoms with van der Waals surface area (Å²) in [4.78, 5) is 14.9. The summed E-state index contributed by atoms with van der Waals surface area (Å²) < 4.78 is 0. The van der Waals surface area contributed by atoms with E-state index in [2.05, 4.69) is 0 Å². The molecule has 1 heterocycles. The molecule has 100 valence electrons. The molecule has 1 aromatic carbocycles. The largest absolute Gasteiger partial charge is 0.397 e. The number of carbonyl (C=O) groups excluding carboxylic acids is 1. The van der Waals surface area contributed by atoms with E-state index in [4.69, 9.17) is 10.8 Å². The van der Waals surface area contributed by atoms with Crippen molar-refractivity contribution in [1.29, 1.82) is 0 Å². The fraction of sp³-hybridized carbons (Fsp3) is 0.214. The topological polar surface area (TPSA) is 66.6 Å². The Bertz CT molecular complexity index is 540. The van der Waals surface area contributed by atoms with Gasteiger partial charge in [-0.1, -0.05) is 18.2 Å². The molecule has 0 aliphatic carbocycles. The highest BCUT2D eigenvalue weighted by atomic mass is 32.1. The number of hydrogen-bond acceptors (Lipinski definition) is 4. The number of aliphatic hydroxyl groups is 1. The normalized spacial score (nSPS) is 10.4. The van der Waals surface area contributed by atoms with Crippen LogP contribution in [-0.2, 0) is 11.2 Å². The molecule has 0 saturated carbocycles. The van der Waals surface area contributed by atoms with Crippen LogP contribution >= 0.6 is 11.3 Å². The zero-order chi connectivity index (χ0) is 13.7. The zero-order valence-electron chi connectivity index (χ0n) is 10.5. The first kappa shape index (κ1) is 13.6. The van der Waals surface area contributed by atoms with Crippen molar-refractivity contribution in [3.8, 4) is 0 Å². The molecule has 5 heteroatoms. The molecule has 0 atom stereocenters. The maximum absolute atomic E-state index is 12.3. The van der Waals surface area contributed by atoms with E-state index in [1.807, 2.05) is 29.6 Å². The predicted molar refractivity (Wildman–Crippen MR) is 78.3 cm³/mol. The van der Waals surface area contributed by atoms with Gasteiger partial charge < -0.3 is 15.7 Å². The van der Waals surface area contributed by atoms with Crippen molar-refractivity contribution in [3.05, 3.63) is 46.7 Å². The number of aliphatic hydroxyl groups excluding tert-OH is 1. The van der Waals surface area contributed by atoms with E-state index in [0.29, 0.717) is 17.8 Å². The van der Waals surface area contributed by atoms with Crippen molar-refractivity contribution < 1.29 is 9.90 Å². The Morgan fingerprint density at radius 2 is 2.05 bits per heavy atom. The number of rotatable bonds is 5. The minimum absolute atomic E-state index is 0.0607. The lowest BCUT2D eigenvalue weighted by atomic mass is 10.2. The molecule has 0 saturated heterocycles. The minimum Gasteiger partial charge on any atom is -0.397 e. The van der Waals surface area contributed by atoms with Gasteiger partial charge in [0.15, 0.2) is 0 Å². The highest BCUT2D eigenvalue weighted by Gasteiger charge is 2.17. The molecule has 0 aliphatic rings. The second-order valence-corrected chi connectivity index (χ2v) is 5.12. The van der Waals surface area contributed by atoms with Crippen LogP contribution in [0.2, 0.25) is 0 Å². The number of hydrogen-bond donors (Lipinski definition) is 2. The lowest BCUT2D eigenvalue weighted by molar-refractivity contribution is -0.118. The van der Waals surface area contributed by atoms with Crippen LogP contribution in [-0.4, -0.2) is 24.2 Å². The van der Waals surface area contributed by atoms with Crippen molar-refractivity contribution >= 4 is 28.6 Å². The Labute approximate surface area is 116 Å². The summed E-state index contributed by atoms with van der Waals surface area (Å²) in [6, 6.07) is 11.0. The van der Waals surface area contributed by atoms with E-state index in [0.717, 1.165) is 4.88 Å². The van der Waals surface area contributed by atoms with E-state index >= 15 is 0 Å².